The summed E-state index contributed by atoms with van der Waals surface area (Å²) in [6.07, 6.45) is 2.06. The smallest absolute Gasteiger partial charge is 0.191 e. The van der Waals surface area contributed by atoms with Crippen LogP contribution in [0.1, 0.15) is 38.3 Å². The van der Waals surface area contributed by atoms with Crippen molar-refractivity contribution in [2.45, 2.75) is 58.4 Å². The topological polar surface area (TPSA) is 29.5 Å². The van der Waals surface area contributed by atoms with E-state index < -0.39 is 8.32 Å². The van der Waals surface area contributed by atoms with Gasteiger partial charge in [-0.15, -0.1) is 0 Å². The quantitative estimate of drug-likeness (QED) is 0.627. The van der Waals surface area contributed by atoms with Crippen molar-refractivity contribution in [1.29, 1.82) is 0 Å². The SMILES string of the molecule is CC(C)(C)[Si](C)(C)OCCCc1cccc(CO)c1. The second kappa shape index (κ2) is 6.68. The molecule has 0 aliphatic heterocycles. The third-order valence-corrected chi connectivity index (χ3v) is 8.59. The molecule has 0 amide bonds. The van der Waals surface area contributed by atoms with Crippen molar-refractivity contribution in [1.82, 2.24) is 0 Å². The zero-order chi connectivity index (χ0) is 14.5. The average Bonchev–Trinajstić information content (AvgIpc) is 2.33. The fourth-order valence-electron chi connectivity index (χ4n) is 1.70. The molecule has 1 rings (SSSR count). The van der Waals surface area contributed by atoms with E-state index in [1.54, 1.807) is 0 Å². The summed E-state index contributed by atoms with van der Waals surface area (Å²) in [6.45, 7) is 12.3. The van der Waals surface area contributed by atoms with E-state index in [4.69, 9.17) is 9.53 Å². The van der Waals surface area contributed by atoms with Crippen molar-refractivity contribution in [3.8, 4) is 0 Å². The number of aliphatic hydroxyl groups excluding tert-OH is 1. The third-order valence-electron chi connectivity index (χ3n) is 4.05. The number of aryl methyl sites for hydroxylation is 1. The minimum Gasteiger partial charge on any atom is -0.417 e. The molecule has 1 aromatic rings. The van der Waals surface area contributed by atoms with Gasteiger partial charge < -0.3 is 9.53 Å². The van der Waals surface area contributed by atoms with Crippen molar-refractivity contribution in [2.75, 3.05) is 6.61 Å². The molecule has 108 valence electrons. The Kier molecular flexibility index (Phi) is 5.77. The Morgan fingerprint density at radius 3 is 2.37 bits per heavy atom. The van der Waals surface area contributed by atoms with Gasteiger partial charge in [-0.05, 0) is 42.1 Å². The van der Waals surface area contributed by atoms with Crippen LogP contribution in [0.4, 0.5) is 0 Å². The zero-order valence-electron chi connectivity index (χ0n) is 13.0. The highest BCUT2D eigenvalue weighted by Gasteiger charge is 2.36. The van der Waals surface area contributed by atoms with Gasteiger partial charge in [-0.1, -0.05) is 45.0 Å². The zero-order valence-corrected chi connectivity index (χ0v) is 14.0. The molecule has 1 aromatic carbocycles. The number of aliphatic hydroxyl groups is 1. The van der Waals surface area contributed by atoms with Gasteiger partial charge in [-0.2, -0.15) is 0 Å². The summed E-state index contributed by atoms with van der Waals surface area (Å²) in [5, 5.41) is 9.39. The van der Waals surface area contributed by atoms with Crippen LogP contribution in [0.15, 0.2) is 24.3 Å². The Bertz CT molecular complexity index is 394. The van der Waals surface area contributed by atoms with Gasteiger partial charge in [0.05, 0.1) is 6.61 Å². The van der Waals surface area contributed by atoms with E-state index in [2.05, 4.69) is 46.0 Å². The molecule has 0 fully saturated rings. The third kappa shape index (κ3) is 5.09. The first-order valence-corrected chi connectivity index (χ1v) is 10.00. The highest BCUT2D eigenvalue weighted by Crippen LogP contribution is 2.36. The minimum atomic E-state index is -1.60. The monoisotopic (exact) mass is 280 g/mol. The minimum absolute atomic E-state index is 0.119. The molecule has 0 bridgehead atoms. The van der Waals surface area contributed by atoms with Gasteiger partial charge in [0.1, 0.15) is 0 Å². The average molecular weight is 280 g/mol. The van der Waals surface area contributed by atoms with Crippen LogP contribution >= 0.6 is 0 Å². The second-order valence-corrected chi connectivity index (χ2v) is 11.5. The van der Waals surface area contributed by atoms with Crippen LogP contribution < -0.4 is 0 Å². The van der Waals surface area contributed by atoms with Crippen molar-refractivity contribution in [3.05, 3.63) is 35.4 Å². The summed E-state index contributed by atoms with van der Waals surface area (Å²) in [4.78, 5) is 0. The molecule has 1 N–H and O–H groups in total. The van der Waals surface area contributed by atoms with Crippen LogP contribution in [0.3, 0.4) is 0 Å². The molecule has 0 unspecified atom stereocenters. The highest BCUT2D eigenvalue weighted by molar-refractivity contribution is 6.74. The Balaban J connectivity index is 2.39. The van der Waals surface area contributed by atoms with Crippen molar-refractivity contribution >= 4 is 8.32 Å². The maximum absolute atomic E-state index is 9.11. The van der Waals surface area contributed by atoms with E-state index in [1.807, 2.05) is 12.1 Å². The Morgan fingerprint density at radius 1 is 1.16 bits per heavy atom. The van der Waals surface area contributed by atoms with Gasteiger partial charge in [0.15, 0.2) is 8.32 Å². The largest absolute Gasteiger partial charge is 0.417 e. The first kappa shape index (κ1) is 16.4. The Hall–Kier alpha value is -0.643. The van der Waals surface area contributed by atoms with Gasteiger partial charge in [0, 0.05) is 6.61 Å². The van der Waals surface area contributed by atoms with Gasteiger partial charge in [-0.3, -0.25) is 0 Å². The maximum Gasteiger partial charge on any atom is 0.191 e. The molecule has 19 heavy (non-hydrogen) atoms. The van der Waals surface area contributed by atoms with Gasteiger partial charge in [0.2, 0.25) is 0 Å². The predicted molar refractivity (Wildman–Crippen MR) is 83.8 cm³/mol. The molecule has 0 spiro atoms. The maximum atomic E-state index is 9.11. The van der Waals surface area contributed by atoms with E-state index in [1.165, 1.54) is 5.56 Å². The molecule has 0 saturated carbocycles. The molecule has 0 aromatic heterocycles. The van der Waals surface area contributed by atoms with E-state index in [0.717, 1.165) is 25.0 Å². The number of rotatable bonds is 6. The van der Waals surface area contributed by atoms with Gasteiger partial charge >= 0.3 is 0 Å². The molecular formula is C16H28O2Si. The standard InChI is InChI=1S/C16H28O2Si/c1-16(2,3)19(4,5)18-11-7-10-14-8-6-9-15(12-14)13-17/h6,8-9,12,17H,7,10-11,13H2,1-5H3. The normalized spacial score (nSPS) is 12.7. The summed E-state index contributed by atoms with van der Waals surface area (Å²) in [5.74, 6) is 0. The fraction of sp³-hybridized carbons (Fsp3) is 0.625. The van der Waals surface area contributed by atoms with E-state index in [-0.39, 0.29) is 11.6 Å². The van der Waals surface area contributed by atoms with Crippen molar-refractivity contribution in [3.63, 3.8) is 0 Å². The summed E-state index contributed by atoms with van der Waals surface area (Å²) in [6, 6.07) is 8.16. The molecule has 0 radical (unpaired) electrons. The molecule has 3 heteroatoms. The summed E-state index contributed by atoms with van der Waals surface area (Å²) < 4.78 is 6.16. The summed E-state index contributed by atoms with van der Waals surface area (Å²) in [7, 11) is -1.60. The molecular weight excluding hydrogens is 252 g/mol. The lowest BCUT2D eigenvalue weighted by Gasteiger charge is -2.36. The van der Waals surface area contributed by atoms with E-state index in [0.29, 0.717) is 0 Å². The fourth-order valence-corrected chi connectivity index (χ4v) is 2.79. The summed E-state index contributed by atoms with van der Waals surface area (Å²) in [5.41, 5.74) is 2.27. The van der Waals surface area contributed by atoms with Crippen LogP contribution in [0.5, 0.6) is 0 Å². The molecule has 0 atom stereocenters. The van der Waals surface area contributed by atoms with Crippen LogP contribution in [0.25, 0.3) is 0 Å². The molecule has 0 aliphatic carbocycles. The Morgan fingerprint density at radius 2 is 1.79 bits per heavy atom. The van der Waals surface area contributed by atoms with Gasteiger partial charge in [0.25, 0.3) is 0 Å². The van der Waals surface area contributed by atoms with Crippen molar-refractivity contribution < 1.29 is 9.53 Å². The lowest BCUT2D eigenvalue weighted by atomic mass is 10.1. The number of hydrogen-bond donors (Lipinski definition) is 1. The first-order valence-electron chi connectivity index (χ1n) is 7.09. The number of benzene rings is 1. The van der Waals surface area contributed by atoms with Crippen LogP contribution in [0.2, 0.25) is 18.1 Å². The molecule has 0 heterocycles. The van der Waals surface area contributed by atoms with E-state index >= 15 is 0 Å². The lowest BCUT2D eigenvalue weighted by Crippen LogP contribution is -2.41. The molecule has 0 aliphatic rings. The highest BCUT2D eigenvalue weighted by atomic mass is 28.4. The first-order chi connectivity index (χ1) is 8.76. The predicted octanol–water partition coefficient (Wildman–Crippen LogP) is 4.13. The lowest BCUT2D eigenvalue weighted by molar-refractivity contribution is 0.280. The van der Waals surface area contributed by atoms with Crippen molar-refractivity contribution in [2.24, 2.45) is 0 Å². The van der Waals surface area contributed by atoms with Gasteiger partial charge in [-0.25, -0.2) is 0 Å². The number of hydrogen-bond acceptors (Lipinski definition) is 2. The molecule has 0 saturated heterocycles. The van der Waals surface area contributed by atoms with Crippen LogP contribution in [0, 0.1) is 0 Å². The molecule has 2 nitrogen and oxygen atoms in total. The van der Waals surface area contributed by atoms with Crippen LogP contribution in [-0.4, -0.2) is 20.0 Å². The Labute approximate surface area is 118 Å². The van der Waals surface area contributed by atoms with E-state index in [9.17, 15) is 0 Å². The second-order valence-electron chi connectivity index (χ2n) is 6.69. The van der Waals surface area contributed by atoms with Crippen LogP contribution in [-0.2, 0) is 17.5 Å². The summed E-state index contributed by atoms with van der Waals surface area (Å²) >= 11 is 0.